The number of hydrogen-bond acceptors (Lipinski definition) is 4. The summed E-state index contributed by atoms with van der Waals surface area (Å²) >= 11 is 5.40. The summed E-state index contributed by atoms with van der Waals surface area (Å²) in [5.41, 5.74) is 1.69. The van der Waals surface area contributed by atoms with E-state index in [1.54, 1.807) is 30.3 Å². The van der Waals surface area contributed by atoms with Gasteiger partial charge in [-0.1, -0.05) is 24.3 Å². The molecule has 2 aromatic carbocycles. The van der Waals surface area contributed by atoms with E-state index in [4.69, 9.17) is 21.1 Å². The molecule has 0 fully saturated rings. The normalized spacial score (nSPS) is 12.4. The number of fused-ring (bicyclic) bond motifs is 1. The van der Waals surface area contributed by atoms with Gasteiger partial charge in [0.2, 0.25) is 11.8 Å². The molecule has 0 saturated carbocycles. The van der Waals surface area contributed by atoms with Crippen LogP contribution in [0.1, 0.15) is 16.7 Å². The lowest BCUT2D eigenvalue weighted by Gasteiger charge is -2.20. The highest BCUT2D eigenvalue weighted by molar-refractivity contribution is 6.27. The molecule has 1 aliphatic rings. The summed E-state index contributed by atoms with van der Waals surface area (Å²) in [4.78, 5) is 23.4. The Bertz CT molecular complexity index is 875. The number of hydrogen-bond donors (Lipinski definition) is 2. The van der Waals surface area contributed by atoms with Gasteiger partial charge in [-0.25, -0.2) is 4.39 Å². The van der Waals surface area contributed by atoms with Crippen LogP contribution in [0.25, 0.3) is 0 Å². The van der Waals surface area contributed by atoms with Gasteiger partial charge in [-0.15, -0.1) is 11.6 Å². The molecule has 0 aliphatic carbocycles. The van der Waals surface area contributed by atoms with Gasteiger partial charge in [0.05, 0.1) is 6.42 Å². The van der Waals surface area contributed by atoms with Gasteiger partial charge in [-0.05, 0) is 17.7 Å². The van der Waals surface area contributed by atoms with Gasteiger partial charge < -0.3 is 20.1 Å². The van der Waals surface area contributed by atoms with Crippen LogP contribution < -0.4 is 20.1 Å². The highest BCUT2D eigenvalue weighted by Gasteiger charge is 2.17. The first-order valence-corrected chi connectivity index (χ1v) is 9.34. The third-order valence-corrected chi connectivity index (χ3v) is 4.45. The summed E-state index contributed by atoms with van der Waals surface area (Å²) in [6.07, 6.45) is 0.108. The molecule has 0 radical (unpaired) electrons. The van der Waals surface area contributed by atoms with E-state index in [1.807, 2.05) is 0 Å². The van der Waals surface area contributed by atoms with E-state index in [1.165, 1.54) is 6.07 Å². The minimum Gasteiger partial charge on any atom is -0.486 e. The number of benzene rings is 2. The Hall–Kier alpha value is -2.80. The second-order valence-electron chi connectivity index (χ2n) is 6.23. The number of alkyl halides is 1. The average Bonchev–Trinajstić information content (AvgIpc) is 2.71. The van der Waals surface area contributed by atoms with E-state index in [0.29, 0.717) is 35.8 Å². The van der Waals surface area contributed by atoms with Crippen LogP contribution in [0.5, 0.6) is 11.5 Å². The Morgan fingerprint density at radius 3 is 2.57 bits per heavy atom. The van der Waals surface area contributed by atoms with Gasteiger partial charge in [-0.2, -0.15) is 0 Å². The lowest BCUT2D eigenvalue weighted by Crippen LogP contribution is -2.26. The molecule has 0 unspecified atom stereocenters. The maximum absolute atomic E-state index is 14.2. The molecule has 1 heterocycles. The van der Waals surface area contributed by atoms with Crippen molar-refractivity contribution in [1.82, 2.24) is 10.6 Å². The molecule has 28 heavy (non-hydrogen) atoms. The van der Waals surface area contributed by atoms with Crippen LogP contribution in [0, 0.1) is 5.82 Å². The third-order valence-electron chi connectivity index (χ3n) is 4.20. The van der Waals surface area contributed by atoms with Crippen molar-refractivity contribution in [2.24, 2.45) is 0 Å². The average molecular weight is 407 g/mol. The van der Waals surface area contributed by atoms with Crippen molar-refractivity contribution in [3.63, 3.8) is 0 Å². The molecule has 1 aliphatic heterocycles. The number of rotatable bonds is 7. The van der Waals surface area contributed by atoms with Crippen LogP contribution in [-0.4, -0.2) is 30.9 Å². The Labute approximate surface area is 167 Å². The Morgan fingerprint density at radius 2 is 1.79 bits per heavy atom. The summed E-state index contributed by atoms with van der Waals surface area (Å²) in [7, 11) is 0. The lowest BCUT2D eigenvalue weighted by atomic mass is 10.1. The number of halogens is 2. The highest BCUT2D eigenvalue weighted by atomic mass is 35.5. The van der Waals surface area contributed by atoms with Crippen molar-refractivity contribution in [1.29, 1.82) is 0 Å². The van der Waals surface area contributed by atoms with Crippen molar-refractivity contribution in [3.05, 3.63) is 58.9 Å². The zero-order valence-electron chi connectivity index (χ0n) is 15.1. The predicted molar refractivity (Wildman–Crippen MR) is 102 cm³/mol. The smallest absolute Gasteiger partial charge is 0.235 e. The number of para-hydroxylation sites is 1. The molecular formula is C20H20ClFN2O4. The Morgan fingerprint density at radius 1 is 1.00 bits per heavy atom. The summed E-state index contributed by atoms with van der Waals surface area (Å²) in [6, 6.07) is 10.0. The van der Waals surface area contributed by atoms with E-state index in [0.717, 1.165) is 5.56 Å². The summed E-state index contributed by atoms with van der Waals surface area (Å²) in [5, 5.41) is 5.28. The molecular weight excluding hydrogens is 387 g/mol. The zero-order valence-corrected chi connectivity index (χ0v) is 15.9. The van der Waals surface area contributed by atoms with Crippen LogP contribution in [0.2, 0.25) is 0 Å². The van der Waals surface area contributed by atoms with Gasteiger partial charge in [0.15, 0.2) is 11.5 Å². The molecule has 0 saturated heterocycles. The molecule has 0 aromatic heterocycles. The number of amides is 2. The fourth-order valence-corrected chi connectivity index (χ4v) is 2.89. The molecule has 3 rings (SSSR count). The number of nitrogens with one attached hydrogen (secondary N) is 2. The van der Waals surface area contributed by atoms with E-state index in [2.05, 4.69) is 10.6 Å². The molecule has 0 bridgehead atoms. The predicted octanol–water partition coefficient (Wildman–Crippen LogP) is 2.31. The fraction of sp³-hybridized carbons (Fsp3) is 0.300. The van der Waals surface area contributed by atoms with E-state index in [9.17, 15) is 14.0 Å². The quantitative estimate of drug-likeness (QED) is 0.692. The standard InChI is InChI=1S/C20H20ClFN2O4/c21-10-19(26)23-11-13-4-5-15(16(22)8-13)12-24-18(25)9-14-2-1-3-17-20(14)28-7-6-27-17/h1-5,8H,6-7,9-12H2,(H,23,26)(H,24,25). The Balaban J connectivity index is 1.55. The monoisotopic (exact) mass is 406 g/mol. The van der Waals surface area contributed by atoms with Crippen LogP contribution in [0.15, 0.2) is 36.4 Å². The maximum atomic E-state index is 14.2. The summed E-state index contributed by atoms with van der Waals surface area (Å²) in [5.74, 6) is 0.0370. The molecule has 2 amide bonds. The second-order valence-corrected chi connectivity index (χ2v) is 6.50. The second kappa shape index (κ2) is 9.41. The van der Waals surface area contributed by atoms with Crippen molar-refractivity contribution < 1.29 is 23.5 Å². The van der Waals surface area contributed by atoms with Crippen molar-refractivity contribution >= 4 is 23.4 Å². The maximum Gasteiger partial charge on any atom is 0.235 e. The van der Waals surface area contributed by atoms with Gasteiger partial charge >= 0.3 is 0 Å². The minimum absolute atomic E-state index is 0.0609. The molecule has 0 atom stereocenters. The largest absolute Gasteiger partial charge is 0.486 e. The van der Waals surface area contributed by atoms with Crippen LogP contribution in [-0.2, 0) is 29.1 Å². The van der Waals surface area contributed by atoms with Crippen LogP contribution >= 0.6 is 11.6 Å². The van der Waals surface area contributed by atoms with Crippen LogP contribution in [0.4, 0.5) is 4.39 Å². The minimum atomic E-state index is -0.452. The molecule has 148 valence electrons. The van der Waals surface area contributed by atoms with Crippen molar-refractivity contribution in [2.75, 3.05) is 19.1 Å². The van der Waals surface area contributed by atoms with Crippen LogP contribution in [0.3, 0.4) is 0 Å². The van der Waals surface area contributed by atoms with Gasteiger partial charge in [0, 0.05) is 24.2 Å². The van der Waals surface area contributed by atoms with Gasteiger partial charge in [0.1, 0.15) is 24.9 Å². The molecule has 6 nitrogen and oxygen atoms in total. The lowest BCUT2D eigenvalue weighted by molar-refractivity contribution is -0.121. The van der Waals surface area contributed by atoms with E-state index in [-0.39, 0.29) is 37.2 Å². The highest BCUT2D eigenvalue weighted by Crippen LogP contribution is 2.33. The van der Waals surface area contributed by atoms with E-state index >= 15 is 0 Å². The molecule has 0 spiro atoms. The van der Waals surface area contributed by atoms with Crippen molar-refractivity contribution in [3.8, 4) is 11.5 Å². The Kier molecular flexibility index (Phi) is 6.71. The number of carbonyl (C=O) groups excluding carboxylic acids is 2. The molecule has 2 aromatic rings. The number of ether oxygens (including phenoxy) is 2. The molecule has 8 heteroatoms. The first-order valence-electron chi connectivity index (χ1n) is 8.81. The first-order chi connectivity index (χ1) is 13.6. The molecule has 2 N–H and O–H groups in total. The van der Waals surface area contributed by atoms with Crippen molar-refractivity contribution in [2.45, 2.75) is 19.5 Å². The summed E-state index contributed by atoms with van der Waals surface area (Å²) < 4.78 is 25.3. The summed E-state index contributed by atoms with van der Waals surface area (Å²) in [6.45, 7) is 1.17. The number of carbonyl (C=O) groups is 2. The van der Waals surface area contributed by atoms with Gasteiger partial charge in [0.25, 0.3) is 0 Å². The zero-order chi connectivity index (χ0) is 19.9. The fourth-order valence-electron chi connectivity index (χ4n) is 2.79. The first kappa shape index (κ1) is 19.9. The van der Waals surface area contributed by atoms with Gasteiger partial charge in [-0.3, -0.25) is 9.59 Å². The third kappa shape index (κ3) is 5.13. The van der Waals surface area contributed by atoms with E-state index < -0.39 is 5.82 Å². The topological polar surface area (TPSA) is 76.7 Å². The SMILES string of the molecule is O=C(CCl)NCc1ccc(CNC(=O)Cc2cccc3c2OCCO3)c(F)c1.